The molecule has 6 rings (SSSR count). The highest BCUT2D eigenvalue weighted by Crippen LogP contribution is 2.41. The van der Waals surface area contributed by atoms with Gasteiger partial charge in [-0.15, -0.1) is 0 Å². The number of carbonyl (C=O) groups is 1. The van der Waals surface area contributed by atoms with Crippen molar-refractivity contribution in [2.45, 2.75) is 52.3 Å². The first-order valence-electron chi connectivity index (χ1n) is 16.7. The normalized spacial score (nSPS) is 14.1. The van der Waals surface area contributed by atoms with Gasteiger partial charge < -0.3 is 18.8 Å². The average molecular weight is 675 g/mol. The second kappa shape index (κ2) is 14.0. The Balaban J connectivity index is 1.48. The largest absolute Gasteiger partial charge is 0.497 e. The summed E-state index contributed by atoms with van der Waals surface area (Å²) in [6.45, 7) is 11.5. The second-order valence-electron chi connectivity index (χ2n) is 13.6. The zero-order chi connectivity index (χ0) is 34.8. The molecule has 0 N–H and O–H groups in total. The van der Waals surface area contributed by atoms with Crippen molar-refractivity contribution >= 4 is 24.6 Å². The second-order valence-corrected chi connectivity index (χ2v) is 17.9. The Hall–Kier alpha value is -4.79. The van der Waals surface area contributed by atoms with E-state index in [1.54, 1.807) is 30.3 Å². The Labute approximate surface area is 289 Å². The third kappa shape index (κ3) is 6.63. The number of amides is 1. The standard InChI is InChI=1S/C41H43FN2O4Si/c1-28-23-31(42)17-18-35(28)36-24-30(27-48-49(41(3,4)5,33-13-9-7-10-14-33)34-15-11-8-12-16-34)25-37-39(36)47-22-21-44(40(37)45)29(2)38-26-32(46-6)19-20-43-38/h7-20,23-26,29H,21-22,27H2,1-6H3/t29-/m0/s1. The van der Waals surface area contributed by atoms with Crippen LogP contribution < -0.4 is 19.8 Å². The van der Waals surface area contributed by atoms with Crippen LogP contribution in [0, 0.1) is 12.7 Å². The Morgan fingerprint density at radius 2 is 1.55 bits per heavy atom. The van der Waals surface area contributed by atoms with E-state index in [0.717, 1.165) is 27.9 Å². The number of methoxy groups -OCH3 is 1. The van der Waals surface area contributed by atoms with Crippen LogP contribution in [0.3, 0.4) is 0 Å². The first-order valence-corrected chi connectivity index (χ1v) is 18.6. The van der Waals surface area contributed by atoms with Gasteiger partial charge in [0.15, 0.2) is 0 Å². The molecule has 252 valence electrons. The maximum Gasteiger partial charge on any atom is 0.261 e. The van der Waals surface area contributed by atoms with Crippen LogP contribution in [0.15, 0.2) is 109 Å². The van der Waals surface area contributed by atoms with Crippen LogP contribution in [0.25, 0.3) is 11.1 Å². The number of aromatic nitrogens is 1. The van der Waals surface area contributed by atoms with Crippen LogP contribution in [0.1, 0.15) is 60.9 Å². The topological polar surface area (TPSA) is 60.9 Å². The molecule has 0 unspecified atom stereocenters. The molecule has 0 fully saturated rings. The first-order chi connectivity index (χ1) is 23.5. The monoisotopic (exact) mass is 674 g/mol. The maximum atomic E-state index is 14.6. The van der Waals surface area contributed by atoms with Crippen molar-refractivity contribution in [2.24, 2.45) is 0 Å². The van der Waals surface area contributed by atoms with E-state index >= 15 is 0 Å². The van der Waals surface area contributed by atoms with Crippen molar-refractivity contribution in [2.75, 3.05) is 20.3 Å². The molecule has 1 aromatic heterocycles. The van der Waals surface area contributed by atoms with Crippen molar-refractivity contribution in [1.82, 2.24) is 9.88 Å². The fraction of sp³-hybridized carbons (Fsp3) is 0.268. The molecule has 8 heteroatoms. The molecule has 0 bridgehead atoms. The number of aryl methyl sites for hydroxylation is 1. The van der Waals surface area contributed by atoms with Gasteiger partial charge in [0.2, 0.25) is 0 Å². The Kier molecular flexibility index (Phi) is 9.72. The predicted octanol–water partition coefficient (Wildman–Crippen LogP) is 7.88. The van der Waals surface area contributed by atoms with E-state index in [1.165, 1.54) is 22.5 Å². The number of rotatable bonds is 9. The third-order valence-corrected chi connectivity index (χ3v) is 14.4. The molecule has 1 aliphatic heterocycles. The summed E-state index contributed by atoms with van der Waals surface area (Å²) in [5.41, 5.74) is 4.27. The summed E-state index contributed by atoms with van der Waals surface area (Å²) in [6, 6.07) is 32.9. The number of ether oxygens (including phenoxy) is 2. The lowest BCUT2D eigenvalue weighted by molar-refractivity contribution is 0.0684. The number of hydrogen-bond donors (Lipinski definition) is 0. The molecule has 4 aromatic carbocycles. The smallest absolute Gasteiger partial charge is 0.261 e. The number of carbonyl (C=O) groups excluding carboxylic acids is 1. The molecule has 0 radical (unpaired) electrons. The van der Waals surface area contributed by atoms with E-state index in [1.807, 2.05) is 44.2 Å². The molecular formula is C41H43FN2O4Si. The molecule has 0 spiro atoms. The van der Waals surface area contributed by atoms with E-state index in [-0.39, 0.29) is 36.0 Å². The number of benzene rings is 4. The van der Waals surface area contributed by atoms with Gasteiger partial charge >= 0.3 is 0 Å². The molecule has 6 nitrogen and oxygen atoms in total. The summed E-state index contributed by atoms with van der Waals surface area (Å²) in [5, 5.41) is 2.11. The number of fused-ring (bicyclic) bond motifs is 1. The van der Waals surface area contributed by atoms with Gasteiger partial charge in [-0.1, -0.05) is 87.5 Å². The van der Waals surface area contributed by atoms with Crippen LogP contribution in [-0.2, 0) is 11.0 Å². The number of pyridine rings is 1. The summed E-state index contributed by atoms with van der Waals surface area (Å²) in [6.07, 6.45) is 1.69. The quantitative estimate of drug-likeness (QED) is 0.149. The summed E-state index contributed by atoms with van der Waals surface area (Å²) in [4.78, 5) is 20.9. The summed E-state index contributed by atoms with van der Waals surface area (Å²) < 4.78 is 33.5. The Morgan fingerprint density at radius 3 is 2.16 bits per heavy atom. The van der Waals surface area contributed by atoms with E-state index in [4.69, 9.17) is 13.9 Å². The summed E-state index contributed by atoms with van der Waals surface area (Å²) in [7, 11) is -1.28. The highest BCUT2D eigenvalue weighted by molar-refractivity contribution is 6.99. The molecule has 0 saturated heterocycles. The zero-order valence-corrected chi connectivity index (χ0v) is 30.0. The van der Waals surface area contributed by atoms with Gasteiger partial charge in [0.25, 0.3) is 14.2 Å². The van der Waals surface area contributed by atoms with Crippen LogP contribution in [0.4, 0.5) is 4.39 Å². The Bertz CT molecular complexity index is 1910. The number of halogens is 1. The molecule has 49 heavy (non-hydrogen) atoms. The predicted molar refractivity (Wildman–Crippen MR) is 195 cm³/mol. The zero-order valence-electron chi connectivity index (χ0n) is 29.0. The van der Waals surface area contributed by atoms with Crippen molar-refractivity contribution in [3.05, 3.63) is 138 Å². The molecule has 1 atom stereocenters. The molecule has 1 amide bonds. The molecule has 1 aliphatic rings. The van der Waals surface area contributed by atoms with Gasteiger partial charge in [0, 0.05) is 17.8 Å². The molecule has 0 saturated carbocycles. The van der Waals surface area contributed by atoms with Gasteiger partial charge in [-0.2, -0.15) is 0 Å². The van der Waals surface area contributed by atoms with Crippen molar-refractivity contribution in [3.63, 3.8) is 0 Å². The minimum atomic E-state index is -2.89. The van der Waals surface area contributed by atoms with Crippen molar-refractivity contribution in [3.8, 4) is 22.6 Å². The first kappa shape index (κ1) is 34.1. The minimum absolute atomic E-state index is 0.169. The van der Waals surface area contributed by atoms with E-state index in [9.17, 15) is 9.18 Å². The van der Waals surface area contributed by atoms with Crippen LogP contribution in [0.5, 0.6) is 11.5 Å². The lowest BCUT2D eigenvalue weighted by Gasteiger charge is -2.43. The van der Waals surface area contributed by atoms with Crippen LogP contribution >= 0.6 is 0 Å². The summed E-state index contributed by atoms with van der Waals surface area (Å²) in [5.74, 6) is 0.675. The molecule has 5 aromatic rings. The van der Waals surface area contributed by atoms with Gasteiger partial charge in [-0.05, 0) is 76.3 Å². The van der Waals surface area contributed by atoms with E-state index in [0.29, 0.717) is 23.6 Å². The fourth-order valence-electron chi connectivity index (χ4n) is 6.98. The van der Waals surface area contributed by atoms with Gasteiger partial charge in [0.05, 0.1) is 37.6 Å². The van der Waals surface area contributed by atoms with E-state index < -0.39 is 8.32 Å². The fourth-order valence-corrected chi connectivity index (χ4v) is 11.5. The van der Waals surface area contributed by atoms with Crippen LogP contribution in [-0.4, -0.2) is 44.4 Å². The van der Waals surface area contributed by atoms with Gasteiger partial charge in [-0.3, -0.25) is 9.78 Å². The lowest BCUT2D eigenvalue weighted by Crippen LogP contribution is -2.66. The molecule has 2 heterocycles. The van der Waals surface area contributed by atoms with Gasteiger partial charge in [0.1, 0.15) is 23.9 Å². The van der Waals surface area contributed by atoms with Crippen molar-refractivity contribution in [1.29, 1.82) is 0 Å². The molecular weight excluding hydrogens is 632 g/mol. The highest BCUT2D eigenvalue weighted by atomic mass is 28.4. The Morgan fingerprint density at radius 1 is 0.898 bits per heavy atom. The highest BCUT2D eigenvalue weighted by Gasteiger charge is 2.50. The van der Waals surface area contributed by atoms with Crippen molar-refractivity contribution < 1.29 is 23.1 Å². The average Bonchev–Trinajstić information content (AvgIpc) is 3.27. The number of nitrogens with zero attached hydrogens (tertiary/aromatic N) is 2. The minimum Gasteiger partial charge on any atom is -0.497 e. The molecule has 0 aliphatic carbocycles. The van der Waals surface area contributed by atoms with Crippen LogP contribution in [0.2, 0.25) is 5.04 Å². The maximum absolute atomic E-state index is 14.6. The SMILES string of the molecule is COc1ccnc([C@H](C)N2CCOc3c(cc(CO[Si](c4ccccc4)(c4ccccc4)C(C)(C)C)cc3-c3ccc(F)cc3C)C2=O)c1. The lowest BCUT2D eigenvalue weighted by atomic mass is 9.94. The van der Waals surface area contributed by atoms with Gasteiger partial charge in [-0.25, -0.2) is 4.39 Å². The number of hydrogen-bond acceptors (Lipinski definition) is 5. The summed E-state index contributed by atoms with van der Waals surface area (Å²) >= 11 is 0. The van der Waals surface area contributed by atoms with E-state index in [2.05, 4.69) is 74.3 Å². The third-order valence-electron chi connectivity index (χ3n) is 9.45.